The maximum Gasteiger partial charge on any atom is 0.325 e. The molecule has 98 valence electrons. The third kappa shape index (κ3) is 4.32. The Balaban J connectivity index is 2.53. The smallest absolute Gasteiger partial charge is 0.325 e. The van der Waals surface area contributed by atoms with Crippen molar-refractivity contribution in [3.63, 3.8) is 0 Å². The first kappa shape index (κ1) is 13.9. The lowest BCUT2D eigenvalue weighted by atomic mass is 10.2. The van der Waals surface area contributed by atoms with Crippen LogP contribution in [0.1, 0.15) is 19.8 Å². The molecular formula is C11H20N2O4. The fraction of sp³-hybridized carbons (Fsp3) is 0.818. The molecule has 0 aromatic carbocycles. The summed E-state index contributed by atoms with van der Waals surface area (Å²) < 4.78 is 9.67. The Morgan fingerprint density at radius 1 is 1.47 bits per heavy atom. The van der Waals surface area contributed by atoms with Crippen LogP contribution < -0.4 is 5.73 Å². The van der Waals surface area contributed by atoms with Gasteiger partial charge in [0, 0.05) is 13.2 Å². The molecule has 0 saturated heterocycles. The molecule has 0 aliphatic heterocycles. The highest BCUT2D eigenvalue weighted by Crippen LogP contribution is 2.27. The molecule has 6 heteroatoms. The van der Waals surface area contributed by atoms with Crippen molar-refractivity contribution in [2.24, 2.45) is 5.73 Å². The number of amides is 1. The van der Waals surface area contributed by atoms with E-state index in [-0.39, 0.29) is 25.1 Å². The summed E-state index contributed by atoms with van der Waals surface area (Å²) >= 11 is 0. The van der Waals surface area contributed by atoms with Crippen molar-refractivity contribution >= 4 is 11.9 Å². The predicted molar refractivity (Wildman–Crippen MR) is 61.2 cm³/mol. The lowest BCUT2D eigenvalue weighted by molar-refractivity contribution is -0.150. The van der Waals surface area contributed by atoms with Gasteiger partial charge >= 0.3 is 5.97 Å². The average molecular weight is 244 g/mol. The number of ether oxygens (including phenoxy) is 2. The van der Waals surface area contributed by atoms with Crippen molar-refractivity contribution in [2.45, 2.75) is 31.8 Å². The first-order valence-electron chi connectivity index (χ1n) is 5.80. The van der Waals surface area contributed by atoms with E-state index in [0.717, 1.165) is 12.8 Å². The fourth-order valence-corrected chi connectivity index (χ4v) is 1.58. The Labute approximate surface area is 101 Å². The summed E-state index contributed by atoms with van der Waals surface area (Å²) in [6.07, 6.45) is 1.84. The van der Waals surface area contributed by atoms with Crippen LogP contribution in [0.4, 0.5) is 0 Å². The van der Waals surface area contributed by atoms with Crippen molar-refractivity contribution < 1.29 is 19.1 Å². The number of esters is 1. The highest BCUT2D eigenvalue weighted by molar-refractivity contribution is 5.86. The van der Waals surface area contributed by atoms with E-state index in [4.69, 9.17) is 15.2 Å². The lowest BCUT2D eigenvalue weighted by Crippen LogP contribution is -2.49. The van der Waals surface area contributed by atoms with E-state index in [1.807, 2.05) is 0 Å². The molecule has 17 heavy (non-hydrogen) atoms. The first-order chi connectivity index (χ1) is 8.10. The number of hydrogen-bond donors (Lipinski definition) is 1. The van der Waals surface area contributed by atoms with Crippen molar-refractivity contribution in [1.82, 2.24) is 4.90 Å². The third-order valence-electron chi connectivity index (χ3n) is 2.54. The fourth-order valence-electron chi connectivity index (χ4n) is 1.58. The standard InChI is InChI=1S/C11H20N2O4/c1-3-17-10(14)6-13(8-4-5-8)11(15)9(12)7-16-2/h8-9H,3-7,12H2,1-2H3. The van der Waals surface area contributed by atoms with Gasteiger partial charge in [0.2, 0.25) is 5.91 Å². The van der Waals surface area contributed by atoms with Crippen LogP contribution in [0.3, 0.4) is 0 Å². The van der Waals surface area contributed by atoms with Crippen molar-refractivity contribution in [3.05, 3.63) is 0 Å². The molecule has 2 N–H and O–H groups in total. The number of carbonyl (C=O) groups excluding carboxylic acids is 2. The molecule has 1 fully saturated rings. The normalized spacial score (nSPS) is 16.4. The van der Waals surface area contributed by atoms with Gasteiger partial charge in [0.1, 0.15) is 12.6 Å². The minimum Gasteiger partial charge on any atom is -0.465 e. The molecule has 1 amide bonds. The summed E-state index contributed by atoms with van der Waals surface area (Å²) in [5.41, 5.74) is 5.68. The van der Waals surface area contributed by atoms with Gasteiger partial charge in [-0.3, -0.25) is 9.59 Å². The second-order valence-electron chi connectivity index (χ2n) is 4.06. The summed E-state index contributed by atoms with van der Waals surface area (Å²) in [7, 11) is 1.49. The second kappa shape index (κ2) is 6.56. The van der Waals surface area contributed by atoms with E-state index in [1.54, 1.807) is 6.92 Å². The van der Waals surface area contributed by atoms with Crippen LogP contribution in [-0.4, -0.2) is 55.7 Å². The molecule has 0 bridgehead atoms. The Morgan fingerprint density at radius 2 is 2.12 bits per heavy atom. The highest BCUT2D eigenvalue weighted by atomic mass is 16.5. The number of hydrogen-bond acceptors (Lipinski definition) is 5. The van der Waals surface area contributed by atoms with Crippen molar-refractivity contribution in [1.29, 1.82) is 0 Å². The monoisotopic (exact) mass is 244 g/mol. The van der Waals surface area contributed by atoms with Gasteiger partial charge in [-0.15, -0.1) is 0 Å². The Kier molecular flexibility index (Phi) is 5.37. The van der Waals surface area contributed by atoms with Gasteiger partial charge in [0.05, 0.1) is 13.2 Å². The van der Waals surface area contributed by atoms with Crippen molar-refractivity contribution in [3.8, 4) is 0 Å². The van der Waals surface area contributed by atoms with E-state index >= 15 is 0 Å². The molecule has 0 aromatic heterocycles. The Bertz CT molecular complexity index is 279. The van der Waals surface area contributed by atoms with Crippen LogP contribution in [0.25, 0.3) is 0 Å². The number of rotatable bonds is 7. The Morgan fingerprint density at radius 3 is 2.59 bits per heavy atom. The van der Waals surface area contributed by atoms with Gasteiger partial charge in [-0.25, -0.2) is 0 Å². The van der Waals surface area contributed by atoms with Gasteiger partial charge in [-0.2, -0.15) is 0 Å². The van der Waals surface area contributed by atoms with Gasteiger partial charge in [-0.05, 0) is 19.8 Å². The predicted octanol–water partition coefficient (Wildman–Crippen LogP) is -0.486. The SMILES string of the molecule is CCOC(=O)CN(C(=O)C(N)COC)C1CC1. The average Bonchev–Trinajstić information content (AvgIpc) is 3.09. The zero-order valence-corrected chi connectivity index (χ0v) is 10.3. The van der Waals surface area contributed by atoms with E-state index in [2.05, 4.69) is 0 Å². The topological polar surface area (TPSA) is 81.9 Å². The zero-order valence-electron chi connectivity index (χ0n) is 10.3. The second-order valence-corrected chi connectivity index (χ2v) is 4.06. The molecular weight excluding hydrogens is 224 g/mol. The molecule has 0 aromatic rings. The summed E-state index contributed by atoms with van der Waals surface area (Å²) in [6, 6.07) is -0.579. The Hall–Kier alpha value is -1.14. The largest absolute Gasteiger partial charge is 0.465 e. The van der Waals surface area contributed by atoms with Crippen LogP contribution in [0.2, 0.25) is 0 Å². The van der Waals surface area contributed by atoms with Gasteiger partial charge < -0.3 is 20.1 Å². The van der Waals surface area contributed by atoms with E-state index < -0.39 is 12.0 Å². The number of methoxy groups -OCH3 is 1. The van der Waals surface area contributed by atoms with Crippen molar-refractivity contribution in [2.75, 3.05) is 26.9 Å². The number of nitrogens with zero attached hydrogens (tertiary/aromatic N) is 1. The summed E-state index contributed by atoms with van der Waals surface area (Å²) in [5, 5.41) is 0. The van der Waals surface area contributed by atoms with Crippen LogP contribution in [0.5, 0.6) is 0 Å². The molecule has 0 spiro atoms. The molecule has 1 rings (SSSR count). The molecule has 1 unspecified atom stereocenters. The number of nitrogens with two attached hydrogens (primary N) is 1. The molecule has 1 atom stereocenters. The summed E-state index contributed by atoms with van der Waals surface area (Å²) in [5.74, 6) is -0.639. The number of carbonyl (C=O) groups is 2. The maximum absolute atomic E-state index is 12.0. The van der Waals surface area contributed by atoms with Crippen LogP contribution in [0, 0.1) is 0 Å². The lowest BCUT2D eigenvalue weighted by Gasteiger charge is -2.24. The van der Waals surface area contributed by atoms with E-state index in [1.165, 1.54) is 12.0 Å². The molecule has 1 saturated carbocycles. The van der Waals surface area contributed by atoms with Crippen LogP contribution >= 0.6 is 0 Å². The quantitative estimate of drug-likeness (QED) is 0.611. The minimum absolute atomic E-state index is 0.0191. The van der Waals surface area contributed by atoms with Gasteiger partial charge in [0.15, 0.2) is 0 Å². The van der Waals surface area contributed by atoms with Crippen LogP contribution in [-0.2, 0) is 19.1 Å². The van der Waals surface area contributed by atoms with Gasteiger partial charge in [0.25, 0.3) is 0 Å². The summed E-state index contributed by atoms with van der Waals surface area (Å²) in [4.78, 5) is 24.9. The minimum atomic E-state index is -0.713. The van der Waals surface area contributed by atoms with E-state index in [0.29, 0.717) is 6.61 Å². The third-order valence-corrected chi connectivity index (χ3v) is 2.54. The molecule has 0 radical (unpaired) electrons. The molecule has 1 aliphatic carbocycles. The highest BCUT2D eigenvalue weighted by Gasteiger charge is 2.36. The summed E-state index contributed by atoms with van der Waals surface area (Å²) in [6.45, 7) is 2.19. The van der Waals surface area contributed by atoms with E-state index in [9.17, 15) is 9.59 Å². The zero-order chi connectivity index (χ0) is 12.8. The molecule has 0 heterocycles. The van der Waals surface area contributed by atoms with Crippen LogP contribution in [0.15, 0.2) is 0 Å². The van der Waals surface area contributed by atoms with Gasteiger partial charge in [-0.1, -0.05) is 0 Å². The molecule has 1 aliphatic rings. The molecule has 6 nitrogen and oxygen atoms in total. The maximum atomic E-state index is 12.0. The first-order valence-corrected chi connectivity index (χ1v) is 5.80.